The Kier molecular flexibility index (Phi) is 4.00. The normalized spacial score (nSPS) is 16.8. The van der Waals surface area contributed by atoms with Crippen LogP contribution in [0.25, 0.3) is 5.57 Å². The number of rotatable bonds is 3. The van der Waals surface area contributed by atoms with E-state index in [1.165, 1.54) is 6.07 Å². The van der Waals surface area contributed by atoms with E-state index >= 15 is 0 Å². The highest BCUT2D eigenvalue weighted by molar-refractivity contribution is 7.88. The second kappa shape index (κ2) is 5.63. The Balaban J connectivity index is 2.11. The van der Waals surface area contributed by atoms with Gasteiger partial charge < -0.3 is 4.18 Å². The molecule has 1 aliphatic heterocycles. The molecule has 4 nitrogen and oxygen atoms in total. The van der Waals surface area contributed by atoms with Gasteiger partial charge in [-0.2, -0.15) is 21.6 Å². The van der Waals surface area contributed by atoms with E-state index in [0.29, 0.717) is 39.6 Å². The van der Waals surface area contributed by atoms with Gasteiger partial charge in [-0.25, -0.2) is 0 Å². The van der Waals surface area contributed by atoms with Crippen molar-refractivity contribution in [2.75, 3.05) is 0 Å². The molecule has 0 bridgehead atoms. The largest absolute Gasteiger partial charge is 0.534 e. The van der Waals surface area contributed by atoms with E-state index in [-0.39, 0.29) is 12.2 Å². The Morgan fingerprint density at radius 3 is 2.67 bits per heavy atom. The lowest BCUT2D eigenvalue weighted by atomic mass is 9.95. The Labute approximate surface area is 141 Å². The van der Waals surface area contributed by atoms with Crippen LogP contribution < -0.4 is 4.18 Å². The fraction of sp³-hybridized carbons (Fsp3) is 0.267. The summed E-state index contributed by atoms with van der Waals surface area (Å²) in [6, 6.07) is 2.78. The number of halogens is 4. The van der Waals surface area contributed by atoms with Crippen LogP contribution in [0.3, 0.4) is 0 Å². The van der Waals surface area contributed by atoms with E-state index in [9.17, 15) is 21.6 Å². The molecule has 1 aliphatic carbocycles. The molecule has 1 aromatic rings. The van der Waals surface area contributed by atoms with Gasteiger partial charge in [0.2, 0.25) is 0 Å². The monoisotopic (exact) mass is 377 g/mol. The van der Waals surface area contributed by atoms with E-state index in [2.05, 4.69) is 9.18 Å². The van der Waals surface area contributed by atoms with Crippen LogP contribution in [-0.4, -0.2) is 19.6 Å². The summed E-state index contributed by atoms with van der Waals surface area (Å²) in [6.45, 7) is 1.68. The van der Waals surface area contributed by atoms with E-state index in [0.717, 1.165) is 0 Å². The molecule has 0 amide bonds. The second-order valence-electron chi connectivity index (χ2n) is 5.20. The molecule has 0 saturated carbocycles. The predicted octanol–water partition coefficient (Wildman–Crippen LogP) is 4.47. The van der Waals surface area contributed by atoms with Crippen molar-refractivity contribution < 1.29 is 25.8 Å². The topological polar surface area (TPSA) is 55.7 Å². The summed E-state index contributed by atoms with van der Waals surface area (Å²) >= 11 is 6.18. The zero-order chi connectivity index (χ0) is 17.7. The van der Waals surface area contributed by atoms with Crippen LogP contribution in [0.15, 0.2) is 34.3 Å². The van der Waals surface area contributed by atoms with Crippen molar-refractivity contribution in [1.82, 2.24) is 0 Å². The smallest absolute Gasteiger partial charge is 0.376 e. The molecule has 0 N–H and O–H groups in total. The van der Waals surface area contributed by atoms with Crippen LogP contribution in [-0.2, 0) is 16.5 Å². The van der Waals surface area contributed by atoms with Gasteiger partial charge in [0.15, 0.2) is 0 Å². The minimum atomic E-state index is -5.74. The summed E-state index contributed by atoms with van der Waals surface area (Å²) < 4.78 is 64.5. The summed E-state index contributed by atoms with van der Waals surface area (Å²) in [5.74, 6) is -0.374. The Bertz CT molecular complexity index is 915. The molecule has 24 heavy (non-hydrogen) atoms. The molecule has 0 unspecified atom stereocenters. The molecule has 0 radical (unpaired) electrons. The van der Waals surface area contributed by atoms with Crippen molar-refractivity contribution >= 4 is 38.7 Å². The highest BCUT2D eigenvalue weighted by Gasteiger charge is 2.49. The highest BCUT2D eigenvalue weighted by atomic mass is 35.5. The van der Waals surface area contributed by atoms with Crippen LogP contribution >= 0.6 is 11.6 Å². The molecule has 1 heterocycles. The highest BCUT2D eigenvalue weighted by Crippen LogP contribution is 2.44. The van der Waals surface area contributed by atoms with Gasteiger partial charge in [0.25, 0.3) is 0 Å². The average molecular weight is 378 g/mol. The molecule has 2 aliphatic rings. The van der Waals surface area contributed by atoms with Crippen LogP contribution in [0.1, 0.15) is 24.5 Å². The second-order valence-corrected chi connectivity index (χ2v) is 7.15. The number of benzene rings is 1. The van der Waals surface area contributed by atoms with Gasteiger partial charge in [0.05, 0.1) is 16.4 Å². The number of alkyl halides is 3. The van der Waals surface area contributed by atoms with E-state index in [4.69, 9.17) is 11.6 Å². The van der Waals surface area contributed by atoms with Gasteiger partial charge >= 0.3 is 15.6 Å². The molecular weight excluding hydrogens is 367 g/mol. The molecule has 0 aromatic heterocycles. The Morgan fingerprint density at radius 2 is 2.04 bits per heavy atom. The number of allylic oxidation sites excluding steroid dienone is 4. The maximum absolute atomic E-state index is 12.5. The fourth-order valence-corrected chi connectivity index (χ4v) is 3.34. The molecule has 0 fully saturated rings. The molecule has 1 aromatic carbocycles. The van der Waals surface area contributed by atoms with Gasteiger partial charge in [-0.1, -0.05) is 24.6 Å². The van der Waals surface area contributed by atoms with Gasteiger partial charge in [-0.15, -0.1) is 0 Å². The molecule has 0 saturated heterocycles. The molecule has 128 valence electrons. The molecule has 0 spiro atoms. The van der Waals surface area contributed by atoms with E-state index in [1.54, 1.807) is 19.1 Å². The number of fused-ring (bicyclic) bond motifs is 3. The fourth-order valence-electron chi connectivity index (χ4n) is 2.55. The van der Waals surface area contributed by atoms with Gasteiger partial charge in [0, 0.05) is 23.6 Å². The lowest BCUT2D eigenvalue weighted by Gasteiger charge is -2.14. The minimum Gasteiger partial charge on any atom is -0.376 e. The van der Waals surface area contributed by atoms with Crippen LogP contribution in [0.5, 0.6) is 5.75 Å². The molecule has 3 rings (SSSR count). The van der Waals surface area contributed by atoms with Crippen molar-refractivity contribution in [3.8, 4) is 5.75 Å². The van der Waals surface area contributed by atoms with E-state index < -0.39 is 15.6 Å². The van der Waals surface area contributed by atoms with Crippen molar-refractivity contribution in [1.29, 1.82) is 0 Å². The summed E-state index contributed by atoms with van der Waals surface area (Å²) in [7, 11) is -5.74. The number of aryl methyl sites for hydroxylation is 1. The first-order chi connectivity index (χ1) is 11.1. The maximum Gasteiger partial charge on any atom is 0.534 e. The SMILES string of the molecule is CCc1cc2c(cc1OS(=O)(=O)C(F)(F)F)N=C1CC=CC(Cl)=C12. The standard InChI is InChI=1S/C15H11ClF3NO3S/c1-2-8-6-9-12(20-11-5-3-4-10(16)14(9)11)7-13(8)23-24(21,22)15(17,18)19/h3-4,6-7H,2,5H2,1H3. The van der Waals surface area contributed by atoms with Gasteiger partial charge in [0.1, 0.15) is 5.75 Å². The third kappa shape index (κ3) is 2.73. The van der Waals surface area contributed by atoms with Crippen LogP contribution in [0.2, 0.25) is 0 Å². The zero-order valence-electron chi connectivity index (χ0n) is 12.3. The lowest BCUT2D eigenvalue weighted by Crippen LogP contribution is -2.28. The van der Waals surface area contributed by atoms with Crippen molar-refractivity contribution in [3.63, 3.8) is 0 Å². The summed E-state index contributed by atoms with van der Waals surface area (Å²) in [5.41, 5.74) is -2.76. The quantitative estimate of drug-likeness (QED) is 0.576. The van der Waals surface area contributed by atoms with E-state index in [1.807, 2.05) is 6.08 Å². The molecular formula is C15H11ClF3NO3S. The first kappa shape index (κ1) is 17.0. The van der Waals surface area contributed by atoms with Crippen molar-refractivity contribution in [2.45, 2.75) is 25.3 Å². The Morgan fingerprint density at radius 1 is 1.33 bits per heavy atom. The number of aliphatic imine (C=N–C) groups is 1. The number of nitrogens with zero attached hydrogens (tertiary/aromatic N) is 1. The van der Waals surface area contributed by atoms with Gasteiger partial charge in [-0.05, 0) is 24.1 Å². The number of hydrogen-bond acceptors (Lipinski definition) is 4. The van der Waals surface area contributed by atoms with Crippen LogP contribution in [0, 0.1) is 0 Å². The average Bonchev–Trinajstić information content (AvgIpc) is 2.83. The maximum atomic E-state index is 12.5. The third-order valence-electron chi connectivity index (χ3n) is 3.67. The minimum absolute atomic E-state index is 0.284. The Hall–Kier alpha value is -1.80. The van der Waals surface area contributed by atoms with Gasteiger partial charge in [-0.3, -0.25) is 4.99 Å². The summed E-state index contributed by atoms with van der Waals surface area (Å²) in [5, 5.41) is 0.484. The lowest BCUT2D eigenvalue weighted by molar-refractivity contribution is -0.0500. The third-order valence-corrected chi connectivity index (χ3v) is 4.95. The predicted molar refractivity (Wildman–Crippen MR) is 85.0 cm³/mol. The van der Waals surface area contributed by atoms with Crippen LogP contribution in [0.4, 0.5) is 18.9 Å². The van der Waals surface area contributed by atoms with Crippen molar-refractivity contribution in [2.24, 2.45) is 4.99 Å². The summed E-state index contributed by atoms with van der Waals surface area (Å²) in [6.07, 6.45) is 4.38. The number of hydrogen-bond donors (Lipinski definition) is 0. The first-order valence-electron chi connectivity index (χ1n) is 6.96. The van der Waals surface area contributed by atoms with Crippen molar-refractivity contribution in [3.05, 3.63) is 40.4 Å². The molecule has 0 atom stereocenters. The first-order valence-corrected chi connectivity index (χ1v) is 8.75. The zero-order valence-corrected chi connectivity index (χ0v) is 13.9. The molecule has 9 heteroatoms. The summed E-state index contributed by atoms with van der Waals surface area (Å²) in [4.78, 5) is 4.32.